The van der Waals surface area contributed by atoms with Crippen molar-refractivity contribution < 1.29 is 9.72 Å². The Balaban J connectivity index is 2.06. The van der Waals surface area contributed by atoms with Gasteiger partial charge in [0.25, 0.3) is 11.2 Å². The first-order chi connectivity index (χ1) is 11.5. The van der Waals surface area contributed by atoms with Crippen molar-refractivity contribution in [1.82, 2.24) is 14.5 Å². The molecular weight excluding hydrogens is 380 g/mol. The third kappa shape index (κ3) is 1.91. The van der Waals surface area contributed by atoms with Crippen LogP contribution in [0.15, 0.2) is 35.3 Å². The van der Waals surface area contributed by atoms with Crippen LogP contribution in [0.2, 0.25) is 0 Å². The van der Waals surface area contributed by atoms with E-state index < -0.39 is 16.3 Å². The fourth-order valence-corrected chi connectivity index (χ4v) is 3.00. The zero-order valence-electron chi connectivity index (χ0n) is 11.9. The van der Waals surface area contributed by atoms with Crippen LogP contribution >= 0.6 is 15.9 Å². The topological polar surface area (TPSA) is 108 Å². The van der Waals surface area contributed by atoms with Crippen molar-refractivity contribution in [2.75, 3.05) is 0 Å². The van der Waals surface area contributed by atoms with Crippen molar-refractivity contribution in [2.24, 2.45) is 0 Å². The monoisotopic (exact) mass is 386 g/mol. The molecule has 0 aliphatic carbocycles. The average molecular weight is 387 g/mol. The molecule has 2 aromatic heterocycles. The molecule has 1 aliphatic rings. The summed E-state index contributed by atoms with van der Waals surface area (Å²) in [6, 6.07) is 5.46. The number of rotatable bonds is 2. The van der Waals surface area contributed by atoms with Gasteiger partial charge < -0.3 is 0 Å². The normalized spacial score (nSPS) is 12.3. The number of non-ortho nitro benzene ring substituents is 1. The highest BCUT2D eigenvalue weighted by Gasteiger charge is 2.32. The SMILES string of the molecule is O=C1c2cc([N+](=O)[O-])ccc2-n2c1nc1ncc(CBr)cc1c2=O. The van der Waals surface area contributed by atoms with Crippen molar-refractivity contribution in [2.45, 2.75) is 5.33 Å². The summed E-state index contributed by atoms with van der Waals surface area (Å²) in [7, 11) is 0. The van der Waals surface area contributed by atoms with Crippen LogP contribution in [0.3, 0.4) is 0 Å². The minimum atomic E-state index is -0.590. The molecule has 0 radical (unpaired) electrons. The molecule has 1 aliphatic heterocycles. The van der Waals surface area contributed by atoms with Gasteiger partial charge in [0.1, 0.15) is 0 Å². The lowest BCUT2D eigenvalue weighted by atomic mass is 10.1. The second kappa shape index (κ2) is 5.03. The van der Waals surface area contributed by atoms with Crippen molar-refractivity contribution >= 4 is 38.4 Å². The number of hydrogen-bond acceptors (Lipinski definition) is 6. The van der Waals surface area contributed by atoms with Crippen LogP contribution in [0.1, 0.15) is 21.7 Å². The molecule has 4 rings (SSSR count). The third-order valence-electron chi connectivity index (χ3n) is 3.81. The number of fused-ring (bicyclic) bond motifs is 4. The lowest BCUT2D eigenvalue weighted by molar-refractivity contribution is -0.384. The number of nitro groups is 1. The van der Waals surface area contributed by atoms with Gasteiger partial charge >= 0.3 is 0 Å². The Morgan fingerprint density at radius 3 is 2.75 bits per heavy atom. The maximum atomic E-state index is 12.8. The summed E-state index contributed by atoms with van der Waals surface area (Å²) in [6.45, 7) is 0. The number of hydrogen-bond donors (Lipinski definition) is 0. The molecule has 24 heavy (non-hydrogen) atoms. The summed E-state index contributed by atoms with van der Waals surface area (Å²) in [5, 5.41) is 11.7. The summed E-state index contributed by atoms with van der Waals surface area (Å²) in [5.74, 6) is -0.610. The maximum absolute atomic E-state index is 12.8. The van der Waals surface area contributed by atoms with E-state index in [2.05, 4.69) is 25.9 Å². The molecule has 3 heterocycles. The molecule has 0 N–H and O–H groups in total. The molecule has 3 aromatic rings. The van der Waals surface area contributed by atoms with Crippen molar-refractivity contribution in [3.05, 3.63) is 67.9 Å². The maximum Gasteiger partial charge on any atom is 0.270 e. The minimum absolute atomic E-state index is 0.0814. The highest BCUT2D eigenvalue weighted by atomic mass is 79.9. The second-order valence-electron chi connectivity index (χ2n) is 5.21. The number of ketones is 1. The van der Waals surface area contributed by atoms with Gasteiger partial charge in [-0.3, -0.25) is 24.3 Å². The predicted molar refractivity (Wildman–Crippen MR) is 87.9 cm³/mol. The summed E-state index contributed by atoms with van der Waals surface area (Å²) in [6.07, 6.45) is 1.57. The molecule has 0 amide bonds. The van der Waals surface area contributed by atoms with Gasteiger partial charge in [-0.25, -0.2) is 9.97 Å². The van der Waals surface area contributed by atoms with Gasteiger partial charge in [-0.1, -0.05) is 15.9 Å². The fraction of sp³-hybridized carbons (Fsp3) is 0.0667. The summed E-state index contributed by atoms with van der Waals surface area (Å²) < 4.78 is 1.18. The number of halogens is 1. The van der Waals surface area contributed by atoms with Gasteiger partial charge in [0.2, 0.25) is 5.78 Å². The van der Waals surface area contributed by atoms with E-state index in [4.69, 9.17) is 0 Å². The number of carbonyl (C=O) groups is 1. The Kier molecular flexibility index (Phi) is 3.07. The molecule has 118 valence electrons. The third-order valence-corrected chi connectivity index (χ3v) is 4.46. The van der Waals surface area contributed by atoms with Crippen LogP contribution in [0.25, 0.3) is 16.7 Å². The number of nitro benzene ring substituents is 1. The van der Waals surface area contributed by atoms with E-state index in [0.717, 1.165) is 11.6 Å². The Hall–Kier alpha value is -2.94. The highest BCUT2D eigenvalue weighted by Crippen LogP contribution is 2.29. The smallest absolute Gasteiger partial charge is 0.270 e. The average Bonchev–Trinajstić information content (AvgIpc) is 2.87. The molecular formula is C15H7BrN4O4. The number of pyridine rings is 1. The Morgan fingerprint density at radius 1 is 1.25 bits per heavy atom. The molecule has 0 atom stereocenters. The van der Waals surface area contributed by atoms with Gasteiger partial charge in [0, 0.05) is 23.7 Å². The van der Waals surface area contributed by atoms with Crippen LogP contribution in [0.4, 0.5) is 5.69 Å². The number of benzene rings is 1. The van der Waals surface area contributed by atoms with Crippen LogP contribution in [0, 0.1) is 10.1 Å². The Morgan fingerprint density at radius 2 is 2.04 bits per heavy atom. The summed E-state index contributed by atoms with van der Waals surface area (Å²) in [5.41, 5.74) is 0.717. The van der Waals surface area contributed by atoms with Crippen LogP contribution in [0.5, 0.6) is 0 Å². The molecule has 0 unspecified atom stereocenters. The number of carbonyl (C=O) groups excluding carboxylic acids is 1. The lowest BCUT2D eigenvalue weighted by Crippen LogP contribution is -2.22. The minimum Gasteiger partial charge on any atom is -0.285 e. The van der Waals surface area contributed by atoms with Gasteiger partial charge in [-0.15, -0.1) is 0 Å². The largest absolute Gasteiger partial charge is 0.285 e. The fourth-order valence-electron chi connectivity index (χ4n) is 2.70. The lowest BCUT2D eigenvalue weighted by Gasteiger charge is -2.05. The molecule has 0 spiro atoms. The van der Waals surface area contributed by atoms with Gasteiger partial charge in [-0.2, -0.15) is 0 Å². The predicted octanol–water partition coefficient (Wildman–Crippen LogP) is 2.13. The zero-order chi connectivity index (χ0) is 17.0. The first kappa shape index (κ1) is 14.6. The Labute approximate surface area is 142 Å². The van der Waals surface area contributed by atoms with Gasteiger partial charge in [0.05, 0.1) is 21.6 Å². The van der Waals surface area contributed by atoms with E-state index in [1.165, 1.54) is 16.7 Å². The van der Waals surface area contributed by atoms with E-state index in [9.17, 15) is 19.7 Å². The van der Waals surface area contributed by atoms with Crippen molar-refractivity contribution in [3.63, 3.8) is 0 Å². The quantitative estimate of drug-likeness (QED) is 0.296. The van der Waals surface area contributed by atoms with E-state index in [0.29, 0.717) is 11.0 Å². The first-order valence-electron chi connectivity index (χ1n) is 6.82. The highest BCUT2D eigenvalue weighted by molar-refractivity contribution is 9.08. The van der Waals surface area contributed by atoms with E-state index in [1.807, 2.05) is 0 Å². The van der Waals surface area contributed by atoms with Crippen LogP contribution in [-0.2, 0) is 5.33 Å². The van der Waals surface area contributed by atoms with Gasteiger partial charge in [-0.05, 0) is 17.7 Å². The number of nitrogens with zero attached hydrogens (tertiary/aromatic N) is 4. The van der Waals surface area contributed by atoms with Crippen LogP contribution in [-0.4, -0.2) is 25.2 Å². The second-order valence-corrected chi connectivity index (χ2v) is 5.77. The molecule has 9 heteroatoms. The number of alkyl halides is 1. The van der Waals surface area contributed by atoms with Crippen molar-refractivity contribution in [1.29, 1.82) is 0 Å². The molecule has 8 nitrogen and oxygen atoms in total. The molecule has 0 bridgehead atoms. The summed E-state index contributed by atoms with van der Waals surface area (Å²) >= 11 is 3.30. The molecule has 0 saturated carbocycles. The van der Waals surface area contributed by atoms with E-state index in [1.54, 1.807) is 12.3 Å². The van der Waals surface area contributed by atoms with E-state index in [-0.39, 0.29) is 28.1 Å². The standard InChI is InChI=1S/C15H7BrN4O4/c16-5-7-3-10-13(17-6-7)18-14-12(21)9-4-8(20(23)24)1-2-11(9)19(14)15(10)22/h1-4,6H,5H2. The van der Waals surface area contributed by atoms with Crippen LogP contribution < -0.4 is 5.56 Å². The van der Waals surface area contributed by atoms with E-state index >= 15 is 0 Å². The first-order valence-corrected chi connectivity index (χ1v) is 7.94. The number of aromatic nitrogens is 3. The molecule has 0 fully saturated rings. The Bertz CT molecular complexity index is 1120. The summed E-state index contributed by atoms with van der Waals surface area (Å²) in [4.78, 5) is 43.9. The van der Waals surface area contributed by atoms with Gasteiger partial charge in [0.15, 0.2) is 11.5 Å². The van der Waals surface area contributed by atoms with Crippen molar-refractivity contribution in [3.8, 4) is 5.69 Å². The molecule has 1 aromatic carbocycles. The zero-order valence-corrected chi connectivity index (χ0v) is 13.5. The molecule has 0 saturated heterocycles.